The van der Waals surface area contributed by atoms with Gasteiger partial charge in [-0.15, -0.1) is 0 Å². The number of ether oxygens (including phenoxy) is 1. The van der Waals surface area contributed by atoms with Crippen molar-refractivity contribution in [2.45, 2.75) is 38.9 Å². The summed E-state index contributed by atoms with van der Waals surface area (Å²) in [7, 11) is 1.56. The van der Waals surface area contributed by atoms with Gasteiger partial charge < -0.3 is 19.9 Å². The molecule has 1 aromatic carbocycles. The second-order valence-corrected chi connectivity index (χ2v) is 7.35. The SMILES string of the molecule is COc1cc(C(C)(C)n2ccnc2C)ccc1NC(=O)NCC1=CCC(F)C=N1. The summed E-state index contributed by atoms with van der Waals surface area (Å²) in [6, 6.07) is 5.28. The lowest BCUT2D eigenvalue weighted by atomic mass is 9.93. The molecule has 7 nitrogen and oxygen atoms in total. The molecule has 1 unspecified atom stereocenters. The topological polar surface area (TPSA) is 80.5 Å². The quantitative estimate of drug-likeness (QED) is 0.775. The van der Waals surface area contributed by atoms with E-state index < -0.39 is 6.17 Å². The first kappa shape index (κ1) is 20.6. The standard InChI is InChI=1S/C21H26FN5O2/c1-14-23-9-10-27(14)21(2,3)15-5-8-18(19(11-15)29-4)26-20(28)25-13-17-7-6-16(22)12-24-17/h5,7-12,16H,6,13H2,1-4H3,(H2,25,26,28). The number of nitrogens with one attached hydrogen (secondary N) is 2. The first-order chi connectivity index (χ1) is 13.8. The van der Waals surface area contributed by atoms with E-state index in [9.17, 15) is 9.18 Å². The number of hydrogen-bond acceptors (Lipinski definition) is 4. The van der Waals surface area contributed by atoms with Gasteiger partial charge in [0.25, 0.3) is 0 Å². The Hall–Kier alpha value is -3.16. The number of benzene rings is 1. The van der Waals surface area contributed by atoms with Crippen molar-refractivity contribution in [3.05, 3.63) is 53.8 Å². The Balaban J connectivity index is 1.70. The maximum atomic E-state index is 13.0. The first-order valence-corrected chi connectivity index (χ1v) is 9.42. The molecule has 0 fully saturated rings. The predicted octanol–water partition coefficient (Wildman–Crippen LogP) is 3.80. The minimum absolute atomic E-state index is 0.225. The van der Waals surface area contributed by atoms with E-state index >= 15 is 0 Å². The van der Waals surface area contributed by atoms with Gasteiger partial charge in [0.15, 0.2) is 0 Å². The lowest BCUT2D eigenvalue weighted by Gasteiger charge is -2.29. The van der Waals surface area contributed by atoms with E-state index in [1.807, 2.05) is 31.3 Å². The maximum absolute atomic E-state index is 13.0. The fourth-order valence-electron chi connectivity index (χ4n) is 3.28. The van der Waals surface area contributed by atoms with Gasteiger partial charge in [0.1, 0.15) is 17.7 Å². The monoisotopic (exact) mass is 399 g/mol. The molecule has 1 aliphatic rings. The normalized spacial score (nSPS) is 16.3. The fourth-order valence-corrected chi connectivity index (χ4v) is 3.28. The van der Waals surface area contributed by atoms with Crippen LogP contribution in [0.5, 0.6) is 5.75 Å². The Morgan fingerprint density at radius 3 is 2.83 bits per heavy atom. The third-order valence-corrected chi connectivity index (χ3v) is 5.00. The van der Waals surface area contributed by atoms with Crippen LogP contribution in [0.15, 0.2) is 47.4 Å². The molecular formula is C21H26FN5O2. The molecule has 2 amide bonds. The zero-order chi connectivity index (χ0) is 21.0. The van der Waals surface area contributed by atoms with Crippen LogP contribution in [0, 0.1) is 6.92 Å². The Morgan fingerprint density at radius 1 is 1.41 bits per heavy atom. The first-order valence-electron chi connectivity index (χ1n) is 9.42. The van der Waals surface area contributed by atoms with Crippen molar-refractivity contribution in [3.8, 4) is 5.75 Å². The molecule has 2 heterocycles. The van der Waals surface area contributed by atoms with E-state index in [2.05, 4.69) is 39.0 Å². The molecule has 1 aliphatic heterocycles. The highest BCUT2D eigenvalue weighted by Gasteiger charge is 2.25. The van der Waals surface area contributed by atoms with Crippen LogP contribution in [0.3, 0.4) is 0 Å². The van der Waals surface area contributed by atoms with Gasteiger partial charge in [-0.1, -0.05) is 12.1 Å². The number of imidazole rings is 1. The van der Waals surface area contributed by atoms with Crippen molar-refractivity contribution in [1.29, 1.82) is 0 Å². The summed E-state index contributed by atoms with van der Waals surface area (Å²) in [4.78, 5) is 20.5. The zero-order valence-electron chi connectivity index (χ0n) is 17.1. The van der Waals surface area contributed by atoms with Gasteiger partial charge in [-0.05, 0) is 38.5 Å². The number of methoxy groups -OCH3 is 1. The molecule has 0 aliphatic carbocycles. The van der Waals surface area contributed by atoms with Crippen LogP contribution in [0.2, 0.25) is 0 Å². The number of aliphatic imine (C=N–C) groups is 1. The van der Waals surface area contributed by atoms with Crippen molar-refractivity contribution in [2.24, 2.45) is 4.99 Å². The van der Waals surface area contributed by atoms with Crippen molar-refractivity contribution in [2.75, 3.05) is 19.0 Å². The number of rotatable bonds is 6. The van der Waals surface area contributed by atoms with Gasteiger partial charge >= 0.3 is 6.03 Å². The van der Waals surface area contributed by atoms with Crippen LogP contribution < -0.4 is 15.4 Å². The van der Waals surface area contributed by atoms with Crippen molar-refractivity contribution < 1.29 is 13.9 Å². The summed E-state index contributed by atoms with van der Waals surface area (Å²) >= 11 is 0. The number of allylic oxidation sites excluding steroid dienone is 1. The minimum atomic E-state index is -1.05. The number of aromatic nitrogens is 2. The molecule has 0 radical (unpaired) electrons. The molecule has 154 valence electrons. The number of amides is 2. The number of carbonyl (C=O) groups excluding carboxylic acids is 1. The number of aryl methyl sites for hydroxylation is 1. The third-order valence-electron chi connectivity index (χ3n) is 5.00. The van der Waals surface area contributed by atoms with Gasteiger partial charge in [0, 0.05) is 25.0 Å². The van der Waals surface area contributed by atoms with Gasteiger partial charge in [0.05, 0.1) is 30.6 Å². The number of carbonyl (C=O) groups is 1. The second kappa shape index (κ2) is 8.46. The van der Waals surface area contributed by atoms with Crippen molar-refractivity contribution in [1.82, 2.24) is 14.9 Å². The Labute approximate surface area is 169 Å². The van der Waals surface area contributed by atoms with Crippen molar-refractivity contribution >= 4 is 17.9 Å². The Kier molecular flexibility index (Phi) is 6.00. The van der Waals surface area contributed by atoms with E-state index in [-0.39, 0.29) is 24.5 Å². The number of nitrogens with zero attached hydrogens (tertiary/aromatic N) is 3. The highest BCUT2D eigenvalue weighted by Crippen LogP contribution is 2.33. The highest BCUT2D eigenvalue weighted by molar-refractivity contribution is 5.91. The summed E-state index contributed by atoms with van der Waals surface area (Å²) in [5.41, 5.74) is 1.86. The number of alkyl halides is 1. The van der Waals surface area contributed by atoms with E-state index in [0.717, 1.165) is 11.4 Å². The van der Waals surface area contributed by atoms with Crippen molar-refractivity contribution in [3.63, 3.8) is 0 Å². The highest BCUT2D eigenvalue weighted by atomic mass is 19.1. The third kappa shape index (κ3) is 4.64. The maximum Gasteiger partial charge on any atom is 0.319 e. The van der Waals surface area contributed by atoms with Crippen LogP contribution in [-0.2, 0) is 5.54 Å². The molecule has 2 N–H and O–H groups in total. The lowest BCUT2D eigenvalue weighted by molar-refractivity contribution is 0.252. The largest absolute Gasteiger partial charge is 0.495 e. The summed E-state index contributed by atoms with van der Waals surface area (Å²) in [5.74, 6) is 1.47. The number of halogens is 1. The molecule has 0 bridgehead atoms. The predicted molar refractivity (Wildman–Crippen MR) is 111 cm³/mol. The molecule has 1 aromatic heterocycles. The Morgan fingerprint density at radius 2 is 2.21 bits per heavy atom. The van der Waals surface area contributed by atoms with Gasteiger partial charge in [-0.3, -0.25) is 4.99 Å². The summed E-state index contributed by atoms with van der Waals surface area (Å²) in [5, 5.41) is 5.51. The second-order valence-electron chi connectivity index (χ2n) is 7.35. The molecule has 2 aromatic rings. The molecule has 0 spiro atoms. The summed E-state index contributed by atoms with van der Waals surface area (Å²) < 4.78 is 20.6. The van der Waals surface area contributed by atoms with E-state index in [4.69, 9.17) is 4.74 Å². The Bertz CT molecular complexity index is 948. The van der Waals surface area contributed by atoms with E-state index in [1.54, 1.807) is 19.4 Å². The van der Waals surface area contributed by atoms with Crippen LogP contribution in [0.1, 0.15) is 31.7 Å². The number of anilines is 1. The molecule has 0 saturated heterocycles. The van der Waals surface area contributed by atoms with Gasteiger partial charge in [-0.2, -0.15) is 0 Å². The van der Waals surface area contributed by atoms with Crippen LogP contribution >= 0.6 is 0 Å². The van der Waals surface area contributed by atoms with Crippen LogP contribution in [0.25, 0.3) is 0 Å². The van der Waals surface area contributed by atoms with Gasteiger partial charge in [0.2, 0.25) is 0 Å². The fraction of sp³-hybridized carbons (Fsp3) is 0.381. The van der Waals surface area contributed by atoms with E-state index in [1.165, 1.54) is 6.21 Å². The molecule has 1 atom stereocenters. The summed E-state index contributed by atoms with van der Waals surface area (Å²) in [6.07, 6.45) is 5.87. The average molecular weight is 399 g/mol. The van der Waals surface area contributed by atoms with Crippen LogP contribution in [-0.4, -0.2) is 41.6 Å². The number of urea groups is 1. The zero-order valence-corrected chi connectivity index (χ0v) is 17.1. The minimum Gasteiger partial charge on any atom is -0.495 e. The lowest BCUT2D eigenvalue weighted by Crippen LogP contribution is -2.31. The molecule has 0 saturated carbocycles. The smallest absolute Gasteiger partial charge is 0.319 e. The molecule has 3 rings (SSSR count). The van der Waals surface area contributed by atoms with Gasteiger partial charge in [-0.25, -0.2) is 14.2 Å². The molecular weight excluding hydrogens is 373 g/mol. The van der Waals surface area contributed by atoms with E-state index in [0.29, 0.717) is 17.1 Å². The summed E-state index contributed by atoms with van der Waals surface area (Å²) in [6.45, 7) is 6.37. The molecule has 29 heavy (non-hydrogen) atoms. The van der Waals surface area contributed by atoms with Crippen LogP contribution in [0.4, 0.5) is 14.9 Å². The molecule has 8 heteroatoms. The average Bonchev–Trinajstić information content (AvgIpc) is 3.14. The number of hydrogen-bond donors (Lipinski definition) is 2.